The molecule has 5 nitrogen and oxygen atoms in total. The quantitative estimate of drug-likeness (QED) is 0.786. The van der Waals surface area contributed by atoms with E-state index < -0.39 is 10.0 Å². The third kappa shape index (κ3) is 4.66. The normalized spacial score (nSPS) is 33.1. The summed E-state index contributed by atoms with van der Waals surface area (Å²) in [5.41, 5.74) is 0. The van der Waals surface area contributed by atoms with Crippen molar-refractivity contribution in [1.29, 1.82) is 0 Å². The van der Waals surface area contributed by atoms with Crippen molar-refractivity contribution < 1.29 is 13.2 Å². The van der Waals surface area contributed by atoms with Crippen molar-refractivity contribution in [3.8, 4) is 0 Å². The van der Waals surface area contributed by atoms with Gasteiger partial charge in [0.25, 0.3) is 0 Å². The highest BCUT2D eigenvalue weighted by atomic mass is 35.5. The Bertz CT molecular complexity index is 344. The number of rotatable bonds is 4. The summed E-state index contributed by atoms with van der Waals surface area (Å²) in [6, 6.07) is 0.0380. The van der Waals surface area contributed by atoms with Crippen LogP contribution in [0.2, 0.25) is 0 Å². The standard InChI is InChI=1S/C11H22N2O3S.ClH/c1-9-2-4-12-6-11(9)13-17(14,15)8-10-3-5-16-7-10;/h9-13H,2-8H2,1H3;1H. The maximum absolute atomic E-state index is 12.0. The highest BCUT2D eigenvalue weighted by Gasteiger charge is 2.28. The summed E-state index contributed by atoms with van der Waals surface area (Å²) in [7, 11) is -3.17. The molecule has 0 aliphatic carbocycles. The van der Waals surface area contributed by atoms with Gasteiger partial charge in [-0.3, -0.25) is 0 Å². The molecule has 7 heteroatoms. The Morgan fingerprint density at radius 2 is 2.17 bits per heavy atom. The van der Waals surface area contributed by atoms with Crippen molar-refractivity contribution in [1.82, 2.24) is 10.0 Å². The van der Waals surface area contributed by atoms with Crippen LogP contribution in [0.1, 0.15) is 19.8 Å². The van der Waals surface area contributed by atoms with Crippen LogP contribution in [0.3, 0.4) is 0 Å². The van der Waals surface area contributed by atoms with Crippen molar-refractivity contribution in [2.45, 2.75) is 25.8 Å². The molecule has 3 unspecified atom stereocenters. The average molecular weight is 299 g/mol. The van der Waals surface area contributed by atoms with Crippen LogP contribution in [-0.4, -0.2) is 46.5 Å². The van der Waals surface area contributed by atoms with Gasteiger partial charge in [-0.25, -0.2) is 13.1 Å². The molecular weight excluding hydrogens is 276 g/mol. The Morgan fingerprint density at radius 3 is 2.78 bits per heavy atom. The van der Waals surface area contributed by atoms with Crippen LogP contribution in [-0.2, 0) is 14.8 Å². The molecule has 2 aliphatic rings. The molecule has 2 fully saturated rings. The molecule has 108 valence electrons. The van der Waals surface area contributed by atoms with Crippen molar-refractivity contribution in [2.75, 3.05) is 32.1 Å². The van der Waals surface area contributed by atoms with E-state index in [1.54, 1.807) is 0 Å². The monoisotopic (exact) mass is 298 g/mol. The van der Waals surface area contributed by atoms with Gasteiger partial charge in [0, 0.05) is 19.2 Å². The molecule has 0 aromatic rings. The van der Waals surface area contributed by atoms with Gasteiger partial charge >= 0.3 is 0 Å². The molecule has 0 radical (unpaired) electrons. The highest BCUT2D eigenvalue weighted by Crippen LogP contribution is 2.16. The minimum Gasteiger partial charge on any atom is -0.381 e. The zero-order chi connectivity index (χ0) is 12.3. The van der Waals surface area contributed by atoms with Crippen LogP contribution in [0.4, 0.5) is 0 Å². The van der Waals surface area contributed by atoms with Crippen molar-refractivity contribution in [3.05, 3.63) is 0 Å². The fourth-order valence-corrected chi connectivity index (χ4v) is 4.21. The molecule has 0 aromatic heterocycles. The first-order valence-corrected chi connectivity index (χ1v) is 8.00. The van der Waals surface area contributed by atoms with E-state index in [1.807, 2.05) is 0 Å². The van der Waals surface area contributed by atoms with Crippen LogP contribution in [0.25, 0.3) is 0 Å². The summed E-state index contributed by atoms with van der Waals surface area (Å²) >= 11 is 0. The van der Waals surface area contributed by atoms with E-state index in [1.165, 1.54) is 0 Å². The topological polar surface area (TPSA) is 67.4 Å². The maximum Gasteiger partial charge on any atom is 0.212 e. The molecule has 0 saturated carbocycles. The highest BCUT2D eigenvalue weighted by molar-refractivity contribution is 7.89. The number of sulfonamides is 1. The van der Waals surface area contributed by atoms with E-state index in [-0.39, 0.29) is 30.1 Å². The summed E-state index contributed by atoms with van der Waals surface area (Å²) in [5.74, 6) is 0.779. The lowest BCUT2D eigenvalue weighted by Crippen LogP contribution is -2.51. The minimum absolute atomic E-state index is 0. The number of nitrogens with one attached hydrogen (secondary N) is 2. The molecule has 0 amide bonds. The van der Waals surface area contributed by atoms with E-state index >= 15 is 0 Å². The second-order valence-electron chi connectivity index (χ2n) is 5.21. The van der Waals surface area contributed by atoms with Gasteiger partial charge in [-0.15, -0.1) is 12.4 Å². The largest absolute Gasteiger partial charge is 0.381 e. The van der Waals surface area contributed by atoms with Crippen LogP contribution >= 0.6 is 12.4 Å². The molecule has 2 aliphatic heterocycles. The van der Waals surface area contributed by atoms with E-state index in [4.69, 9.17) is 4.74 Å². The molecule has 0 aromatic carbocycles. The van der Waals surface area contributed by atoms with E-state index in [0.29, 0.717) is 19.1 Å². The third-order valence-corrected chi connectivity index (χ3v) is 5.21. The Kier molecular flexibility index (Phi) is 6.34. The Morgan fingerprint density at radius 1 is 1.39 bits per heavy atom. The summed E-state index contributed by atoms with van der Waals surface area (Å²) in [6.45, 7) is 5.10. The molecule has 2 heterocycles. The van der Waals surface area contributed by atoms with Gasteiger partial charge in [-0.1, -0.05) is 6.92 Å². The summed E-state index contributed by atoms with van der Waals surface area (Å²) in [6.07, 6.45) is 1.89. The first-order valence-electron chi connectivity index (χ1n) is 6.35. The van der Waals surface area contributed by atoms with Gasteiger partial charge in [0.2, 0.25) is 10.0 Å². The van der Waals surface area contributed by atoms with Gasteiger partial charge in [-0.05, 0) is 31.2 Å². The lowest BCUT2D eigenvalue weighted by atomic mass is 9.96. The Hall–Kier alpha value is 0.120. The first kappa shape index (κ1) is 16.2. The summed E-state index contributed by atoms with van der Waals surface area (Å²) < 4.78 is 32.0. The second-order valence-corrected chi connectivity index (χ2v) is 7.00. The average Bonchev–Trinajstić information content (AvgIpc) is 2.73. The van der Waals surface area contributed by atoms with Crippen LogP contribution in [0, 0.1) is 11.8 Å². The predicted octanol–water partition coefficient (Wildman–Crippen LogP) is 0.362. The fourth-order valence-electron chi connectivity index (χ4n) is 2.45. The van der Waals surface area contributed by atoms with Crippen molar-refractivity contribution >= 4 is 22.4 Å². The lowest BCUT2D eigenvalue weighted by Gasteiger charge is -2.30. The van der Waals surface area contributed by atoms with Crippen molar-refractivity contribution in [3.63, 3.8) is 0 Å². The second kappa shape index (κ2) is 7.05. The smallest absolute Gasteiger partial charge is 0.212 e. The molecule has 0 bridgehead atoms. The number of hydrogen-bond donors (Lipinski definition) is 2. The van der Waals surface area contributed by atoms with Crippen molar-refractivity contribution in [2.24, 2.45) is 11.8 Å². The zero-order valence-electron chi connectivity index (χ0n) is 10.7. The van der Waals surface area contributed by atoms with E-state index in [2.05, 4.69) is 17.0 Å². The number of halogens is 1. The zero-order valence-corrected chi connectivity index (χ0v) is 12.4. The number of ether oxygens (including phenoxy) is 1. The first-order chi connectivity index (χ1) is 8.07. The van der Waals surface area contributed by atoms with Gasteiger partial charge in [0.15, 0.2) is 0 Å². The Balaban J connectivity index is 0.00000162. The van der Waals surface area contributed by atoms with E-state index in [9.17, 15) is 8.42 Å². The molecule has 2 N–H and O–H groups in total. The number of hydrogen-bond acceptors (Lipinski definition) is 4. The molecule has 2 saturated heterocycles. The molecule has 3 atom stereocenters. The molecular formula is C11H23ClN2O3S. The lowest BCUT2D eigenvalue weighted by molar-refractivity contribution is 0.188. The van der Waals surface area contributed by atoms with Gasteiger partial charge in [-0.2, -0.15) is 0 Å². The molecule has 2 rings (SSSR count). The summed E-state index contributed by atoms with van der Waals surface area (Å²) in [5, 5.41) is 3.23. The fraction of sp³-hybridized carbons (Fsp3) is 1.00. The van der Waals surface area contributed by atoms with Crippen LogP contribution < -0.4 is 10.0 Å². The van der Waals surface area contributed by atoms with Gasteiger partial charge in [0.05, 0.1) is 12.4 Å². The molecule has 18 heavy (non-hydrogen) atoms. The van der Waals surface area contributed by atoms with E-state index in [0.717, 1.165) is 25.9 Å². The molecule has 0 spiro atoms. The SMILES string of the molecule is CC1CCNCC1NS(=O)(=O)CC1CCOC1.Cl. The summed E-state index contributed by atoms with van der Waals surface area (Å²) in [4.78, 5) is 0. The van der Waals surface area contributed by atoms with Crippen LogP contribution in [0.15, 0.2) is 0 Å². The van der Waals surface area contributed by atoms with Crippen LogP contribution in [0.5, 0.6) is 0 Å². The maximum atomic E-state index is 12.0. The number of piperidine rings is 1. The predicted molar refractivity (Wildman–Crippen MR) is 73.5 cm³/mol. The Labute approximate surface area is 116 Å². The third-order valence-electron chi connectivity index (χ3n) is 3.64. The van der Waals surface area contributed by atoms with Gasteiger partial charge in [0.1, 0.15) is 0 Å². The minimum atomic E-state index is -3.17. The van der Waals surface area contributed by atoms with Gasteiger partial charge < -0.3 is 10.1 Å².